The van der Waals surface area contributed by atoms with Crippen LogP contribution < -0.4 is 16.0 Å². The molecule has 0 radical (unpaired) electrons. The van der Waals surface area contributed by atoms with Crippen molar-refractivity contribution in [1.82, 2.24) is 20.2 Å². The van der Waals surface area contributed by atoms with Gasteiger partial charge in [0, 0.05) is 30.7 Å². The van der Waals surface area contributed by atoms with E-state index in [2.05, 4.69) is 36.9 Å². The van der Waals surface area contributed by atoms with Crippen molar-refractivity contribution < 1.29 is 5.11 Å². The second-order valence-electron chi connectivity index (χ2n) is 12.8. The van der Waals surface area contributed by atoms with Crippen LogP contribution in [0.25, 0.3) is 0 Å². The highest BCUT2D eigenvalue weighted by Crippen LogP contribution is 2.60. The number of nitrogens with zero attached hydrogens (tertiary/aromatic N) is 4. The monoisotopic (exact) mass is 563 g/mol. The van der Waals surface area contributed by atoms with Gasteiger partial charge in [0.2, 0.25) is 5.95 Å². The largest absolute Gasteiger partial charge is 0.395 e. The molecule has 9 heteroatoms. The minimum Gasteiger partial charge on any atom is -0.395 e. The molecule has 5 atom stereocenters. The number of halogens is 1. The molecule has 4 aliphatic carbocycles. The summed E-state index contributed by atoms with van der Waals surface area (Å²) in [6, 6.07) is 10.6. The van der Waals surface area contributed by atoms with E-state index in [1.807, 2.05) is 24.3 Å². The van der Waals surface area contributed by atoms with Crippen LogP contribution >= 0.6 is 11.6 Å². The van der Waals surface area contributed by atoms with Gasteiger partial charge in [0.25, 0.3) is 0 Å². The van der Waals surface area contributed by atoms with E-state index in [1.165, 1.54) is 44.9 Å². The molecule has 2 aromatic rings. The van der Waals surface area contributed by atoms with Crippen molar-refractivity contribution in [3.63, 3.8) is 0 Å². The molecule has 1 aromatic carbocycles. The Balaban J connectivity index is 1.05. The van der Waals surface area contributed by atoms with Gasteiger partial charge in [-0.1, -0.05) is 29.8 Å². The molecule has 214 valence electrons. The minimum atomic E-state index is 0.267. The maximum Gasteiger partial charge on any atom is 0.224 e. The quantitative estimate of drug-likeness (QED) is 0.316. The summed E-state index contributed by atoms with van der Waals surface area (Å²) in [7, 11) is 0. The number of aliphatic hydroxyl groups is 1. The fraction of sp³-hybridized carbons (Fsp3) is 0.645. The third kappa shape index (κ3) is 6.08. The molecule has 1 aromatic heterocycles. The second kappa shape index (κ2) is 12.2. The Morgan fingerprint density at radius 2 is 1.88 bits per heavy atom. The lowest BCUT2D eigenvalue weighted by atomic mass is 9.48. The molecular formula is C31H42ClN7O. The highest BCUT2D eigenvalue weighted by atomic mass is 35.5. The maximum atomic E-state index is 9.73. The summed E-state index contributed by atoms with van der Waals surface area (Å²) in [5.41, 5.74) is 1.75. The predicted octanol–water partition coefficient (Wildman–Crippen LogP) is 4.51. The zero-order valence-electron chi connectivity index (χ0n) is 23.3. The van der Waals surface area contributed by atoms with Crippen molar-refractivity contribution in [3.8, 4) is 6.07 Å². The van der Waals surface area contributed by atoms with Crippen molar-refractivity contribution in [2.75, 3.05) is 50.0 Å². The van der Waals surface area contributed by atoms with Crippen LogP contribution in [-0.4, -0.2) is 65.3 Å². The number of likely N-dealkylation sites (tertiary alicyclic amines) is 1. The fourth-order valence-corrected chi connectivity index (χ4v) is 8.57. The van der Waals surface area contributed by atoms with E-state index in [-0.39, 0.29) is 12.0 Å². The Morgan fingerprint density at radius 1 is 1.10 bits per heavy atom. The van der Waals surface area contributed by atoms with Crippen molar-refractivity contribution >= 4 is 23.4 Å². The van der Waals surface area contributed by atoms with E-state index in [4.69, 9.17) is 11.6 Å². The molecule has 5 aliphatic rings. The SMILES string of the molecule is N#Cc1cnc(NCc2ccccc2Cl)nc1NC[C@]12CC3C[C@H](C1)[C@@H](NCC1CCN(CCO)CC1)[C@@H](C3)C2. The Morgan fingerprint density at radius 3 is 2.60 bits per heavy atom. The number of nitrogens with one attached hydrogen (secondary N) is 3. The number of aliphatic hydroxyl groups excluding tert-OH is 1. The molecule has 1 saturated heterocycles. The van der Waals surface area contributed by atoms with E-state index >= 15 is 0 Å². The maximum absolute atomic E-state index is 9.73. The first-order valence-electron chi connectivity index (χ1n) is 15.1. The topological polar surface area (TPSA) is 109 Å². The molecule has 40 heavy (non-hydrogen) atoms. The molecule has 1 aliphatic heterocycles. The number of piperidine rings is 1. The Hall–Kier alpha value is -2.44. The summed E-state index contributed by atoms with van der Waals surface area (Å²) in [4.78, 5) is 11.4. The first-order valence-corrected chi connectivity index (χ1v) is 15.5. The number of hydrogen-bond acceptors (Lipinski definition) is 8. The summed E-state index contributed by atoms with van der Waals surface area (Å²) < 4.78 is 0. The van der Waals surface area contributed by atoms with E-state index in [9.17, 15) is 10.4 Å². The molecule has 7 rings (SSSR count). The van der Waals surface area contributed by atoms with E-state index in [0.717, 1.165) is 62.0 Å². The van der Waals surface area contributed by atoms with Gasteiger partial charge in [-0.3, -0.25) is 0 Å². The van der Waals surface area contributed by atoms with Crippen LogP contribution in [0.1, 0.15) is 56.1 Å². The third-order valence-corrected chi connectivity index (χ3v) is 10.5. The molecule has 5 fully saturated rings. The smallest absolute Gasteiger partial charge is 0.224 e. The summed E-state index contributed by atoms with van der Waals surface area (Å²) in [6.45, 7) is 5.84. The highest BCUT2D eigenvalue weighted by Gasteiger charge is 2.55. The van der Waals surface area contributed by atoms with Crippen LogP contribution in [0.5, 0.6) is 0 Å². The zero-order valence-corrected chi connectivity index (χ0v) is 24.0. The van der Waals surface area contributed by atoms with Crippen LogP contribution in [0.2, 0.25) is 5.02 Å². The van der Waals surface area contributed by atoms with Gasteiger partial charge in [-0.05, 0) is 105 Å². The number of aromatic nitrogens is 2. The average molecular weight is 564 g/mol. The Labute approximate surface area is 242 Å². The van der Waals surface area contributed by atoms with E-state index in [1.54, 1.807) is 6.20 Å². The number of hydrogen-bond donors (Lipinski definition) is 4. The molecule has 4 bridgehead atoms. The van der Waals surface area contributed by atoms with Crippen molar-refractivity contribution in [2.45, 2.75) is 57.5 Å². The molecule has 4 N–H and O–H groups in total. The van der Waals surface area contributed by atoms with Crippen LogP contribution in [-0.2, 0) is 6.54 Å². The van der Waals surface area contributed by atoms with Gasteiger partial charge in [-0.2, -0.15) is 10.2 Å². The molecular weight excluding hydrogens is 522 g/mol. The molecule has 0 spiro atoms. The first kappa shape index (κ1) is 27.7. The van der Waals surface area contributed by atoms with Gasteiger partial charge in [0.05, 0.1) is 12.8 Å². The molecule has 4 saturated carbocycles. The molecule has 2 heterocycles. The highest BCUT2D eigenvalue weighted by molar-refractivity contribution is 6.31. The van der Waals surface area contributed by atoms with E-state index < -0.39 is 0 Å². The van der Waals surface area contributed by atoms with Crippen molar-refractivity contribution in [2.24, 2.45) is 29.1 Å². The first-order chi connectivity index (χ1) is 19.5. The fourth-order valence-electron chi connectivity index (χ4n) is 8.37. The van der Waals surface area contributed by atoms with Crippen LogP contribution in [0.3, 0.4) is 0 Å². The third-order valence-electron chi connectivity index (χ3n) is 10.1. The van der Waals surface area contributed by atoms with Gasteiger partial charge in [0.15, 0.2) is 0 Å². The summed E-state index contributed by atoms with van der Waals surface area (Å²) in [5.74, 6) is 4.20. The van der Waals surface area contributed by atoms with Gasteiger partial charge in [-0.25, -0.2) is 4.98 Å². The van der Waals surface area contributed by atoms with Crippen LogP contribution in [0.4, 0.5) is 11.8 Å². The second-order valence-corrected chi connectivity index (χ2v) is 13.2. The van der Waals surface area contributed by atoms with Gasteiger partial charge < -0.3 is 26.0 Å². The average Bonchev–Trinajstić information content (AvgIpc) is 2.96. The number of rotatable bonds is 11. The minimum absolute atomic E-state index is 0.267. The van der Waals surface area contributed by atoms with Crippen molar-refractivity contribution in [1.29, 1.82) is 5.26 Å². The van der Waals surface area contributed by atoms with Crippen LogP contribution in [0, 0.1) is 40.4 Å². The lowest BCUT2D eigenvalue weighted by Crippen LogP contribution is -2.60. The van der Waals surface area contributed by atoms with Gasteiger partial charge in [-0.15, -0.1) is 0 Å². The molecule has 1 unspecified atom stereocenters. The normalized spacial score (nSPS) is 29.8. The number of nitriles is 1. The number of anilines is 2. The Kier molecular flexibility index (Phi) is 8.45. The van der Waals surface area contributed by atoms with Crippen LogP contribution in [0.15, 0.2) is 30.5 Å². The zero-order chi connectivity index (χ0) is 27.5. The molecule has 0 amide bonds. The predicted molar refractivity (Wildman–Crippen MR) is 158 cm³/mol. The number of benzene rings is 1. The standard InChI is InChI=1S/C31H42ClN7O/c32-27-4-2-1-3-23(27)18-35-30-36-19-26(16-33)29(38-30)37-20-31-13-22-11-24(14-31)28(25(12-22)15-31)34-17-21-5-7-39(8-6-21)9-10-40/h1-4,19,21-22,24-25,28,34,40H,5-15,17-18,20H2,(H2,35,36,37,38)/t22?,24-,25+,28-,31-. The lowest BCUT2D eigenvalue weighted by molar-refractivity contribution is -0.0704. The lowest BCUT2D eigenvalue weighted by Gasteiger charge is -2.60. The van der Waals surface area contributed by atoms with Gasteiger partial charge >= 0.3 is 0 Å². The van der Waals surface area contributed by atoms with E-state index in [0.29, 0.717) is 34.9 Å². The summed E-state index contributed by atoms with van der Waals surface area (Å²) in [6.07, 6.45) is 10.6. The summed E-state index contributed by atoms with van der Waals surface area (Å²) in [5, 5.41) is 30.6. The summed E-state index contributed by atoms with van der Waals surface area (Å²) >= 11 is 6.30. The molecule has 8 nitrogen and oxygen atoms in total. The van der Waals surface area contributed by atoms with Crippen molar-refractivity contribution in [3.05, 3.63) is 46.6 Å². The van der Waals surface area contributed by atoms with Gasteiger partial charge in [0.1, 0.15) is 17.5 Å². The Bertz CT molecular complexity index is 1190. The number of β-amino-alcohol motifs (C(OH)–C–C–N with tert-alkyl or cyclic N) is 1.